The Morgan fingerprint density at radius 2 is 2.12 bits per heavy atom. The SMILES string of the molecule is CCOC(=O)C1=C(C)NC(=O)[C@H]1CC(=O)[O-]. The second-order valence-electron chi connectivity index (χ2n) is 3.38. The maximum Gasteiger partial charge on any atom is 0.336 e. The maximum absolute atomic E-state index is 11.5. The number of hydrogen-bond donors (Lipinski definition) is 1. The molecule has 6 nitrogen and oxygen atoms in total. The van der Waals surface area contributed by atoms with Crippen molar-refractivity contribution in [1.29, 1.82) is 0 Å². The number of rotatable bonds is 4. The first kappa shape index (κ1) is 12.2. The highest BCUT2D eigenvalue weighted by Crippen LogP contribution is 2.25. The molecule has 1 aliphatic rings. The van der Waals surface area contributed by atoms with Crippen LogP contribution in [0.2, 0.25) is 0 Å². The van der Waals surface area contributed by atoms with Gasteiger partial charge in [-0.3, -0.25) is 4.79 Å². The first-order chi connectivity index (χ1) is 7.47. The summed E-state index contributed by atoms with van der Waals surface area (Å²) in [5.74, 6) is -3.56. The molecule has 0 aromatic heterocycles. The Labute approximate surface area is 92.3 Å². The summed E-state index contributed by atoms with van der Waals surface area (Å²) in [6.07, 6.45) is -0.517. The summed E-state index contributed by atoms with van der Waals surface area (Å²) < 4.78 is 4.75. The van der Waals surface area contributed by atoms with Crippen molar-refractivity contribution in [2.24, 2.45) is 5.92 Å². The van der Waals surface area contributed by atoms with E-state index in [-0.39, 0.29) is 12.2 Å². The van der Waals surface area contributed by atoms with Crippen molar-refractivity contribution >= 4 is 17.8 Å². The molecule has 1 N–H and O–H groups in total. The van der Waals surface area contributed by atoms with Crippen LogP contribution in [0.4, 0.5) is 0 Å². The molecule has 0 bridgehead atoms. The highest BCUT2D eigenvalue weighted by Gasteiger charge is 2.36. The zero-order valence-corrected chi connectivity index (χ0v) is 9.03. The van der Waals surface area contributed by atoms with Crippen molar-refractivity contribution in [3.05, 3.63) is 11.3 Å². The van der Waals surface area contributed by atoms with Gasteiger partial charge in [-0.2, -0.15) is 0 Å². The van der Waals surface area contributed by atoms with Gasteiger partial charge in [-0.25, -0.2) is 4.79 Å². The molecule has 0 radical (unpaired) electrons. The summed E-state index contributed by atoms with van der Waals surface area (Å²) in [4.78, 5) is 33.4. The second kappa shape index (κ2) is 4.78. The van der Waals surface area contributed by atoms with Gasteiger partial charge in [-0.15, -0.1) is 0 Å². The van der Waals surface area contributed by atoms with Crippen LogP contribution in [-0.2, 0) is 19.1 Å². The van der Waals surface area contributed by atoms with E-state index in [1.54, 1.807) is 6.92 Å². The number of amides is 1. The number of carbonyl (C=O) groups excluding carboxylic acids is 3. The minimum atomic E-state index is -1.38. The van der Waals surface area contributed by atoms with Gasteiger partial charge < -0.3 is 20.0 Å². The van der Waals surface area contributed by atoms with E-state index in [4.69, 9.17) is 4.74 Å². The van der Waals surface area contributed by atoms with Crippen molar-refractivity contribution in [2.75, 3.05) is 6.61 Å². The van der Waals surface area contributed by atoms with E-state index in [0.717, 1.165) is 0 Å². The molecule has 0 aromatic rings. The van der Waals surface area contributed by atoms with E-state index in [0.29, 0.717) is 5.70 Å². The largest absolute Gasteiger partial charge is 0.550 e. The van der Waals surface area contributed by atoms with Gasteiger partial charge in [0.05, 0.1) is 18.1 Å². The third kappa shape index (κ3) is 2.39. The molecule has 6 heteroatoms. The molecule has 0 spiro atoms. The van der Waals surface area contributed by atoms with E-state index >= 15 is 0 Å². The lowest BCUT2D eigenvalue weighted by Gasteiger charge is -2.11. The minimum absolute atomic E-state index is 0.0797. The van der Waals surface area contributed by atoms with Gasteiger partial charge in [-0.1, -0.05) is 0 Å². The lowest BCUT2D eigenvalue weighted by atomic mass is 9.97. The van der Waals surface area contributed by atoms with E-state index in [2.05, 4.69) is 5.32 Å². The number of esters is 1. The van der Waals surface area contributed by atoms with Crippen molar-refractivity contribution in [1.82, 2.24) is 5.32 Å². The average Bonchev–Trinajstić information content (AvgIpc) is 2.41. The fourth-order valence-electron chi connectivity index (χ4n) is 1.60. The zero-order chi connectivity index (χ0) is 12.3. The summed E-state index contributed by atoms with van der Waals surface area (Å²) >= 11 is 0. The Hall–Kier alpha value is -1.85. The molecule has 1 rings (SSSR count). The number of carboxylic acid groups (broad SMARTS) is 1. The average molecular weight is 226 g/mol. The topological polar surface area (TPSA) is 95.5 Å². The first-order valence-corrected chi connectivity index (χ1v) is 4.86. The molecule has 0 saturated carbocycles. The van der Waals surface area contributed by atoms with Gasteiger partial charge in [-0.05, 0) is 13.8 Å². The van der Waals surface area contributed by atoms with Crippen molar-refractivity contribution in [2.45, 2.75) is 20.3 Å². The molecule has 0 aromatic carbocycles. The highest BCUT2D eigenvalue weighted by molar-refractivity contribution is 6.03. The quantitative estimate of drug-likeness (QED) is 0.602. The zero-order valence-electron chi connectivity index (χ0n) is 9.03. The molecule has 0 fully saturated rings. The lowest BCUT2D eigenvalue weighted by Crippen LogP contribution is -2.31. The summed E-state index contributed by atoms with van der Waals surface area (Å²) in [5, 5.41) is 12.9. The number of allylic oxidation sites excluding steroid dienone is 1. The van der Waals surface area contributed by atoms with Crippen LogP contribution in [0.15, 0.2) is 11.3 Å². The smallest absolute Gasteiger partial charge is 0.336 e. The maximum atomic E-state index is 11.5. The first-order valence-electron chi connectivity index (χ1n) is 4.86. The number of carbonyl (C=O) groups is 3. The molecule has 1 amide bonds. The molecule has 1 atom stereocenters. The molecule has 0 aliphatic carbocycles. The number of nitrogens with one attached hydrogen (secondary N) is 1. The van der Waals surface area contributed by atoms with Crippen LogP contribution in [0.5, 0.6) is 0 Å². The van der Waals surface area contributed by atoms with Gasteiger partial charge in [0.25, 0.3) is 0 Å². The fourth-order valence-corrected chi connectivity index (χ4v) is 1.60. The summed E-state index contributed by atoms with van der Waals surface area (Å²) in [7, 11) is 0. The molecule has 0 unspecified atom stereocenters. The predicted molar refractivity (Wildman–Crippen MR) is 50.6 cm³/mol. The van der Waals surface area contributed by atoms with Gasteiger partial charge in [0.1, 0.15) is 0 Å². The monoisotopic (exact) mass is 226 g/mol. The highest BCUT2D eigenvalue weighted by atomic mass is 16.5. The Balaban J connectivity index is 2.92. The number of hydrogen-bond acceptors (Lipinski definition) is 5. The lowest BCUT2D eigenvalue weighted by molar-refractivity contribution is -0.306. The Morgan fingerprint density at radius 3 is 2.62 bits per heavy atom. The van der Waals surface area contributed by atoms with Crippen LogP contribution in [0.3, 0.4) is 0 Å². The number of carboxylic acids is 1. The van der Waals surface area contributed by atoms with Crippen LogP contribution in [0.1, 0.15) is 20.3 Å². The molecular weight excluding hydrogens is 214 g/mol. The van der Waals surface area contributed by atoms with Crippen molar-refractivity contribution in [3.8, 4) is 0 Å². The van der Waals surface area contributed by atoms with Crippen molar-refractivity contribution in [3.63, 3.8) is 0 Å². The van der Waals surface area contributed by atoms with Crippen LogP contribution in [-0.4, -0.2) is 24.5 Å². The normalized spacial score (nSPS) is 19.6. The van der Waals surface area contributed by atoms with E-state index in [1.807, 2.05) is 0 Å². The molecule has 88 valence electrons. The predicted octanol–water partition coefficient (Wildman–Crippen LogP) is -1.29. The molecule has 16 heavy (non-hydrogen) atoms. The van der Waals surface area contributed by atoms with Gasteiger partial charge in [0.15, 0.2) is 0 Å². The molecule has 0 saturated heterocycles. The van der Waals surface area contributed by atoms with Gasteiger partial charge in [0.2, 0.25) is 5.91 Å². The second-order valence-corrected chi connectivity index (χ2v) is 3.38. The van der Waals surface area contributed by atoms with Crippen LogP contribution in [0, 0.1) is 5.92 Å². The standard InChI is InChI=1S/C10H13NO5/c1-3-16-10(15)8-5(2)11-9(14)6(8)4-7(12)13/h6H,3-4H2,1-2H3,(H,11,14)(H,12,13)/p-1/t6-/m0/s1. The molecule has 1 aliphatic heterocycles. The Morgan fingerprint density at radius 1 is 1.50 bits per heavy atom. The Kier molecular flexibility index (Phi) is 3.65. The van der Waals surface area contributed by atoms with Gasteiger partial charge >= 0.3 is 5.97 Å². The van der Waals surface area contributed by atoms with Crippen LogP contribution < -0.4 is 10.4 Å². The summed E-state index contributed by atoms with van der Waals surface area (Å²) in [6, 6.07) is 0. The third-order valence-electron chi connectivity index (χ3n) is 2.25. The summed E-state index contributed by atoms with van der Waals surface area (Å²) in [5.41, 5.74) is 0.422. The fraction of sp³-hybridized carbons (Fsp3) is 0.500. The van der Waals surface area contributed by atoms with E-state index < -0.39 is 30.2 Å². The van der Waals surface area contributed by atoms with Crippen LogP contribution >= 0.6 is 0 Å². The minimum Gasteiger partial charge on any atom is -0.550 e. The van der Waals surface area contributed by atoms with Crippen molar-refractivity contribution < 1.29 is 24.2 Å². The van der Waals surface area contributed by atoms with Gasteiger partial charge in [0, 0.05) is 18.1 Å². The molecular formula is C10H12NO5-. The number of ether oxygens (including phenoxy) is 1. The number of aliphatic carboxylic acids is 1. The van der Waals surface area contributed by atoms with E-state index in [1.165, 1.54) is 6.92 Å². The summed E-state index contributed by atoms with van der Waals surface area (Å²) in [6.45, 7) is 3.33. The Bertz CT molecular complexity index is 371. The van der Waals surface area contributed by atoms with Crippen LogP contribution in [0.25, 0.3) is 0 Å². The molecule has 1 heterocycles. The van der Waals surface area contributed by atoms with E-state index in [9.17, 15) is 19.5 Å². The third-order valence-corrected chi connectivity index (χ3v) is 2.25.